The molecule has 0 aliphatic rings. The number of aliphatic carboxylic acids is 1. The third-order valence-corrected chi connectivity index (χ3v) is 2.65. The average Bonchev–Trinajstić information content (AvgIpc) is 2.23. The number of rotatable bonds is 8. The lowest BCUT2D eigenvalue weighted by molar-refractivity contribution is -0.141. The summed E-state index contributed by atoms with van der Waals surface area (Å²) in [6.45, 7) is 0. The number of primary amides is 1. The van der Waals surface area contributed by atoms with Crippen molar-refractivity contribution in [3.63, 3.8) is 0 Å². The summed E-state index contributed by atoms with van der Waals surface area (Å²) in [4.78, 5) is 32.4. The fourth-order valence-electron chi connectivity index (χ4n) is 0.922. The molecule has 0 heterocycles. The lowest BCUT2D eigenvalue weighted by atomic mass is 10.2. The summed E-state index contributed by atoms with van der Waals surface area (Å²) in [7, 11) is 0. The number of carbonyl (C=O) groups is 3. The fraction of sp³-hybridized carbons (Fsp3) is 0.500. The number of carboxylic acid groups (broad SMARTS) is 1. The highest BCUT2D eigenvalue weighted by Crippen LogP contribution is 2.02. The molecule has 0 fully saturated rings. The number of carbonyl (C=O) groups excluding carboxylic acids is 2. The molecule has 0 aromatic rings. The van der Waals surface area contributed by atoms with E-state index in [0.717, 1.165) is 0 Å². The third kappa shape index (κ3) is 8.16. The molecule has 4 N–H and O–H groups in total. The van der Waals surface area contributed by atoms with Crippen LogP contribution >= 0.6 is 11.8 Å². The first-order valence-electron chi connectivity index (χ1n) is 4.79. The Labute approximate surface area is 103 Å². The predicted octanol–water partition coefficient (Wildman–Crippen LogP) is -0.812. The van der Waals surface area contributed by atoms with Crippen LogP contribution < -0.4 is 11.1 Å². The summed E-state index contributed by atoms with van der Waals surface area (Å²) in [5, 5.41) is 11.0. The van der Waals surface area contributed by atoms with Crippen LogP contribution in [0.15, 0.2) is 0 Å². The normalized spacial score (nSPS) is 11.2. The molecule has 0 aromatic carbocycles. The van der Waals surface area contributed by atoms with Crippen molar-refractivity contribution in [1.29, 1.82) is 0 Å². The third-order valence-electron chi connectivity index (χ3n) is 1.67. The lowest BCUT2D eigenvalue weighted by Gasteiger charge is -2.11. The van der Waals surface area contributed by atoms with Gasteiger partial charge in [0.15, 0.2) is 0 Å². The molecule has 17 heavy (non-hydrogen) atoms. The lowest BCUT2D eigenvalue weighted by Crippen LogP contribution is -2.40. The van der Waals surface area contributed by atoms with Crippen molar-refractivity contribution in [2.45, 2.75) is 18.9 Å². The number of hydrogen-bond donors (Lipinski definition) is 3. The molecule has 0 aliphatic carbocycles. The van der Waals surface area contributed by atoms with E-state index in [0.29, 0.717) is 5.75 Å². The van der Waals surface area contributed by atoms with Gasteiger partial charge in [0, 0.05) is 18.6 Å². The predicted molar refractivity (Wildman–Crippen MR) is 64.2 cm³/mol. The molecule has 0 rings (SSSR count). The summed E-state index contributed by atoms with van der Waals surface area (Å²) in [6.07, 6.45) is 5.04. The second kappa shape index (κ2) is 8.47. The van der Waals surface area contributed by atoms with Crippen molar-refractivity contribution < 1.29 is 19.5 Å². The molecule has 0 saturated heterocycles. The molecule has 1 atom stereocenters. The van der Waals surface area contributed by atoms with Gasteiger partial charge in [0.1, 0.15) is 6.04 Å². The van der Waals surface area contributed by atoms with Gasteiger partial charge in [-0.1, -0.05) is 0 Å². The van der Waals surface area contributed by atoms with Crippen molar-refractivity contribution in [3.05, 3.63) is 0 Å². The van der Waals surface area contributed by atoms with Crippen LogP contribution in [0.4, 0.5) is 0 Å². The maximum atomic E-state index is 11.3. The van der Waals surface area contributed by atoms with E-state index in [1.54, 1.807) is 0 Å². The highest BCUT2D eigenvalue weighted by Gasteiger charge is 2.18. The zero-order valence-electron chi connectivity index (χ0n) is 9.14. The molecule has 0 saturated carbocycles. The Balaban J connectivity index is 3.87. The smallest absolute Gasteiger partial charge is 0.327 e. The van der Waals surface area contributed by atoms with Gasteiger partial charge in [-0.2, -0.15) is 11.8 Å². The highest BCUT2D eigenvalue weighted by atomic mass is 32.2. The van der Waals surface area contributed by atoms with Crippen LogP contribution in [-0.2, 0) is 14.4 Å². The number of amides is 2. The standard InChI is InChI=1S/C10H14N2O4S/c1-2-3-7(10(15)16)12-9(14)4-5-17-6-8(11)13/h1,7H,3-6H2,(H2,11,13)(H,12,14)(H,15,16). The summed E-state index contributed by atoms with van der Waals surface area (Å²) < 4.78 is 0. The molecule has 0 aromatic heterocycles. The number of thioether (sulfide) groups is 1. The van der Waals surface area contributed by atoms with Crippen LogP contribution in [0.5, 0.6) is 0 Å². The zero-order valence-corrected chi connectivity index (χ0v) is 9.96. The SMILES string of the molecule is C#CCC(NC(=O)CCSCC(N)=O)C(=O)O. The first-order valence-corrected chi connectivity index (χ1v) is 5.94. The fourth-order valence-corrected chi connectivity index (χ4v) is 1.60. The van der Waals surface area contributed by atoms with Crippen molar-refractivity contribution in [3.8, 4) is 12.3 Å². The van der Waals surface area contributed by atoms with Crippen LogP contribution in [0.3, 0.4) is 0 Å². The number of hydrogen-bond acceptors (Lipinski definition) is 4. The average molecular weight is 258 g/mol. The van der Waals surface area contributed by atoms with Crippen LogP contribution in [0.2, 0.25) is 0 Å². The minimum atomic E-state index is -1.17. The molecule has 6 nitrogen and oxygen atoms in total. The summed E-state index contributed by atoms with van der Waals surface area (Å²) in [5.41, 5.74) is 4.91. The Hall–Kier alpha value is -1.68. The molecule has 1 unspecified atom stereocenters. The molecular weight excluding hydrogens is 244 g/mol. The Morgan fingerprint density at radius 1 is 1.47 bits per heavy atom. The Morgan fingerprint density at radius 2 is 2.12 bits per heavy atom. The van der Waals surface area contributed by atoms with Crippen molar-refractivity contribution in [1.82, 2.24) is 5.32 Å². The Bertz CT molecular complexity index is 338. The summed E-state index contributed by atoms with van der Waals surface area (Å²) in [6, 6.07) is -1.06. The first-order chi connectivity index (χ1) is 7.97. The van der Waals surface area contributed by atoms with E-state index in [1.165, 1.54) is 11.8 Å². The van der Waals surface area contributed by atoms with Gasteiger partial charge in [-0.3, -0.25) is 9.59 Å². The maximum absolute atomic E-state index is 11.3. The van der Waals surface area contributed by atoms with E-state index < -0.39 is 23.8 Å². The van der Waals surface area contributed by atoms with E-state index in [9.17, 15) is 14.4 Å². The number of terminal acetylenes is 1. The number of nitrogens with one attached hydrogen (secondary N) is 1. The van der Waals surface area contributed by atoms with E-state index in [2.05, 4.69) is 11.2 Å². The van der Waals surface area contributed by atoms with E-state index >= 15 is 0 Å². The van der Waals surface area contributed by atoms with E-state index in [4.69, 9.17) is 17.3 Å². The van der Waals surface area contributed by atoms with Crippen LogP contribution in [0, 0.1) is 12.3 Å². The van der Waals surface area contributed by atoms with Gasteiger partial charge in [-0.05, 0) is 0 Å². The van der Waals surface area contributed by atoms with Gasteiger partial charge in [0.2, 0.25) is 11.8 Å². The number of nitrogens with two attached hydrogens (primary N) is 1. The summed E-state index contributed by atoms with van der Waals surface area (Å²) in [5.74, 6) is 0.683. The maximum Gasteiger partial charge on any atom is 0.327 e. The minimum Gasteiger partial charge on any atom is -0.480 e. The molecule has 0 aliphatic heterocycles. The minimum absolute atomic E-state index is 0.0600. The highest BCUT2D eigenvalue weighted by molar-refractivity contribution is 7.99. The van der Waals surface area contributed by atoms with Gasteiger partial charge >= 0.3 is 5.97 Å². The van der Waals surface area contributed by atoms with E-state index in [-0.39, 0.29) is 18.6 Å². The second-order valence-corrected chi connectivity index (χ2v) is 4.24. The monoisotopic (exact) mass is 258 g/mol. The molecule has 0 bridgehead atoms. The van der Waals surface area contributed by atoms with Gasteiger partial charge in [0.05, 0.1) is 5.75 Å². The van der Waals surface area contributed by atoms with Gasteiger partial charge in [-0.25, -0.2) is 4.79 Å². The largest absolute Gasteiger partial charge is 0.480 e. The van der Waals surface area contributed by atoms with Crippen LogP contribution in [0.25, 0.3) is 0 Å². The second-order valence-electron chi connectivity index (χ2n) is 3.14. The van der Waals surface area contributed by atoms with E-state index in [1.807, 2.05) is 0 Å². The molecule has 0 spiro atoms. The Morgan fingerprint density at radius 3 is 2.59 bits per heavy atom. The van der Waals surface area contributed by atoms with Gasteiger partial charge in [-0.15, -0.1) is 12.3 Å². The van der Waals surface area contributed by atoms with Gasteiger partial charge in [0.25, 0.3) is 0 Å². The Kier molecular flexibility index (Phi) is 7.63. The summed E-state index contributed by atoms with van der Waals surface area (Å²) >= 11 is 1.22. The number of carboxylic acids is 1. The molecule has 94 valence electrons. The molecule has 7 heteroatoms. The molecular formula is C10H14N2O4S. The zero-order chi connectivity index (χ0) is 13.3. The molecule has 0 radical (unpaired) electrons. The quantitative estimate of drug-likeness (QED) is 0.389. The van der Waals surface area contributed by atoms with Crippen molar-refractivity contribution >= 4 is 29.5 Å². The molecule has 2 amide bonds. The first kappa shape index (κ1) is 15.3. The van der Waals surface area contributed by atoms with Crippen molar-refractivity contribution in [2.24, 2.45) is 5.73 Å². The van der Waals surface area contributed by atoms with Crippen LogP contribution in [0.1, 0.15) is 12.8 Å². The topological polar surface area (TPSA) is 109 Å². The van der Waals surface area contributed by atoms with Crippen molar-refractivity contribution in [2.75, 3.05) is 11.5 Å². The van der Waals surface area contributed by atoms with Crippen LogP contribution in [-0.4, -0.2) is 40.4 Å². The van der Waals surface area contributed by atoms with Gasteiger partial charge < -0.3 is 16.2 Å².